The van der Waals surface area contributed by atoms with E-state index < -0.39 is 35.3 Å². The lowest BCUT2D eigenvalue weighted by atomic mass is 10.0. The van der Waals surface area contributed by atoms with Gasteiger partial charge in [0, 0.05) is 0 Å². The van der Waals surface area contributed by atoms with Crippen LogP contribution in [0.2, 0.25) is 0 Å². The van der Waals surface area contributed by atoms with E-state index in [4.69, 9.17) is 9.47 Å². The quantitative estimate of drug-likeness (QED) is 0.553. The number of nitrogens with zero attached hydrogens (tertiary/aromatic N) is 1. The summed E-state index contributed by atoms with van der Waals surface area (Å²) in [7, 11) is 0. The number of rotatable bonds is 5. The average molecular weight is 422 g/mol. The van der Waals surface area contributed by atoms with E-state index in [-0.39, 0.29) is 12.5 Å². The Kier molecular flexibility index (Phi) is 8.69. The Morgan fingerprint density at radius 3 is 1.93 bits per heavy atom. The summed E-state index contributed by atoms with van der Waals surface area (Å²) in [5.41, 5.74) is 1.84. The van der Waals surface area contributed by atoms with Crippen molar-refractivity contribution in [1.82, 2.24) is 15.8 Å². The number of esters is 1. The van der Waals surface area contributed by atoms with Crippen LogP contribution in [0.15, 0.2) is 30.3 Å². The molecule has 1 rings (SSSR count). The van der Waals surface area contributed by atoms with Gasteiger partial charge in [0.1, 0.15) is 17.2 Å². The lowest BCUT2D eigenvalue weighted by molar-refractivity contribution is -0.158. The van der Waals surface area contributed by atoms with E-state index in [2.05, 4.69) is 10.7 Å². The Morgan fingerprint density at radius 1 is 0.933 bits per heavy atom. The molecule has 0 bridgehead atoms. The van der Waals surface area contributed by atoms with E-state index in [1.54, 1.807) is 55.4 Å². The van der Waals surface area contributed by atoms with Gasteiger partial charge in [-0.25, -0.2) is 24.8 Å². The van der Waals surface area contributed by atoms with Crippen LogP contribution in [-0.4, -0.2) is 40.3 Å². The van der Waals surface area contributed by atoms with Crippen LogP contribution in [0.25, 0.3) is 0 Å². The van der Waals surface area contributed by atoms with Gasteiger partial charge in [-0.05, 0) is 53.0 Å². The third-order valence-corrected chi connectivity index (χ3v) is 3.66. The van der Waals surface area contributed by atoms with Crippen LogP contribution in [0, 0.1) is 5.92 Å². The third-order valence-electron chi connectivity index (χ3n) is 3.66. The number of hydrogen-bond donors (Lipinski definition) is 2. The van der Waals surface area contributed by atoms with Crippen LogP contribution in [0.5, 0.6) is 0 Å². The van der Waals surface area contributed by atoms with Crippen LogP contribution in [-0.2, 0) is 20.8 Å². The van der Waals surface area contributed by atoms with Crippen LogP contribution in [0.1, 0.15) is 61.0 Å². The summed E-state index contributed by atoms with van der Waals surface area (Å²) < 4.78 is 10.7. The molecule has 0 radical (unpaired) electrons. The molecular weight excluding hydrogens is 386 g/mol. The van der Waals surface area contributed by atoms with Gasteiger partial charge in [-0.3, -0.25) is 0 Å². The highest BCUT2D eigenvalue weighted by Gasteiger charge is 2.31. The number of hydrogen-bond acceptors (Lipinski definition) is 5. The van der Waals surface area contributed by atoms with Crippen molar-refractivity contribution >= 4 is 18.1 Å². The van der Waals surface area contributed by atoms with Crippen LogP contribution in [0.3, 0.4) is 0 Å². The molecular formula is C22H35N3O5. The van der Waals surface area contributed by atoms with Crippen molar-refractivity contribution in [2.45, 2.75) is 79.2 Å². The zero-order valence-electron chi connectivity index (χ0n) is 19.2. The topological polar surface area (TPSA) is 97.0 Å². The molecule has 0 saturated carbocycles. The van der Waals surface area contributed by atoms with Crippen molar-refractivity contribution in [3.05, 3.63) is 35.9 Å². The van der Waals surface area contributed by atoms with Gasteiger partial charge in [0.15, 0.2) is 0 Å². The molecule has 0 saturated heterocycles. The second kappa shape index (κ2) is 10.3. The molecule has 2 N–H and O–H groups in total. The van der Waals surface area contributed by atoms with Crippen LogP contribution < -0.4 is 10.7 Å². The van der Waals surface area contributed by atoms with Gasteiger partial charge >= 0.3 is 18.1 Å². The lowest BCUT2D eigenvalue weighted by Gasteiger charge is -2.30. The molecule has 1 unspecified atom stereocenters. The average Bonchev–Trinajstić information content (AvgIpc) is 2.56. The number of urea groups is 1. The van der Waals surface area contributed by atoms with Gasteiger partial charge in [0.25, 0.3) is 0 Å². The molecule has 168 valence electrons. The Hall–Kier alpha value is -2.77. The standard InChI is InChI=1S/C22H35N3O5/c1-15(2)17(18(26)29-21(3,4)5)23-19(27)25(14-16-12-10-9-11-13-16)24-20(28)30-22(6,7)8/h9-13,15,17H,14H2,1-8H3,(H,23,27)(H,24,28). The Bertz CT molecular complexity index is 721. The lowest BCUT2D eigenvalue weighted by Crippen LogP contribution is -2.56. The Morgan fingerprint density at radius 2 is 1.47 bits per heavy atom. The monoisotopic (exact) mass is 421 g/mol. The molecule has 0 aliphatic carbocycles. The first-order valence-corrected chi connectivity index (χ1v) is 10.0. The number of carbonyl (C=O) groups excluding carboxylic acids is 3. The molecule has 0 heterocycles. The fraction of sp³-hybridized carbons (Fsp3) is 0.591. The first-order chi connectivity index (χ1) is 13.7. The maximum Gasteiger partial charge on any atom is 0.426 e. The molecule has 30 heavy (non-hydrogen) atoms. The highest BCUT2D eigenvalue weighted by Crippen LogP contribution is 2.13. The number of amides is 3. The van der Waals surface area contributed by atoms with Gasteiger partial charge in [-0.15, -0.1) is 0 Å². The van der Waals surface area contributed by atoms with E-state index in [0.29, 0.717) is 0 Å². The summed E-state index contributed by atoms with van der Waals surface area (Å²) in [6.45, 7) is 14.2. The highest BCUT2D eigenvalue weighted by molar-refractivity contribution is 5.85. The van der Waals surface area contributed by atoms with Gasteiger partial charge in [-0.1, -0.05) is 44.2 Å². The maximum absolute atomic E-state index is 13.0. The highest BCUT2D eigenvalue weighted by atomic mass is 16.6. The predicted octanol–water partition coefficient (Wildman–Crippen LogP) is 4.00. The molecule has 0 aliphatic rings. The van der Waals surface area contributed by atoms with Crippen molar-refractivity contribution in [3.8, 4) is 0 Å². The molecule has 1 atom stereocenters. The first kappa shape index (κ1) is 25.3. The van der Waals surface area contributed by atoms with Gasteiger partial charge in [0.05, 0.1) is 6.54 Å². The predicted molar refractivity (Wildman–Crippen MR) is 114 cm³/mol. The number of nitrogens with one attached hydrogen (secondary N) is 2. The smallest absolute Gasteiger partial charge is 0.426 e. The molecule has 1 aromatic rings. The largest absolute Gasteiger partial charge is 0.458 e. The van der Waals surface area contributed by atoms with Crippen LogP contribution >= 0.6 is 0 Å². The van der Waals surface area contributed by atoms with Crippen molar-refractivity contribution < 1.29 is 23.9 Å². The van der Waals surface area contributed by atoms with E-state index in [1.807, 2.05) is 30.3 Å². The van der Waals surface area contributed by atoms with Crippen molar-refractivity contribution in [3.63, 3.8) is 0 Å². The van der Waals surface area contributed by atoms with Gasteiger partial charge in [-0.2, -0.15) is 0 Å². The molecule has 0 spiro atoms. The fourth-order valence-electron chi connectivity index (χ4n) is 2.41. The van der Waals surface area contributed by atoms with Gasteiger partial charge < -0.3 is 14.8 Å². The second-order valence-electron chi connectivity index (χ2n) is 9.39. The minimum Gasteiger partial charge on any atom is -0.458 e. The summed E-state index contributed by atoms with van der Waals surface area (Å²) in [5.74, 6) is -0.758. The maximum atomic E-state index is 13.0. The van der Waals surface area contributed by atoms with Crippen molar-refractivity contribution in [2.75, 3.05) is 0 Å². The zero-order valence-corrected chi connectivity index (χ0v) is 19.2. The number of ether oxygens (including phenoxy) is 2. The minimum absolute atomic E-state index is 0.0883. The zero-order chi connectivity index (χ0) is 23.1. The van der Waals surface area contributed by atoms with E-state index >= 15 is 0 Å². The first-order valence-electron chi connectivity index (χ1n) is 10.0. The molecule has 8 heteroatoms. The van der Waals surface area contributed by atoms with Crippen molar-refractivity contribution in [1.29, 1.82) is 0 Å². The molecule has 1 aromatic carbocycles. The summed E-state index contributed by atoms with van der Waals surface area (Å²) in [5, 5.41) is 3.76. The molecule has 3 amide bonds. The van der Waals surface area contributed by atoms with Gasteiger partial charge in [0.2, 0.25) is 0 Å². The molecule has 0 aromatic heterocycles. The third kappa shape index (κ3) is 9.62. The summed E-state index contributed by atoms with van der Waals surface area (Å²) >= 11 is 0. The summed E-state index contributed by atoms with van der Waals surface area (Å²) in [4.78, 5) is 37.8. The second-order valence-corrected chi connectivity index (χ2v) is 9.39. The fourth-order valence-corrected chi connectivity index (χ4v) is 2.41. The Labute approximate surface area is 179 Å². The molecule has 8 nitrogen and oxygen atoms in total. The van der Waals surface area contributed by atoms with E-state index in [1.165, 1.54) is 0 Å². The van der Waals surface area contributed by atoms with Crippen LogP contribution in [0.4, 0.5) is 9.59 Å². The number of hydrazine groups is 1. The summed E-state index contributed by atoms with van der Waals surface area (Å²) in [6.07, 6.45) is -0.771. The summed E-state index contributed by atoms with van der Waals surface area (Å²) in [6, 6.07) is 7.64. The Balaban J connectivity index is 3.01. The minimum atomic E-state index is -0.879. The number of carbonyl (C=O) groups is 3. The normalized spacial score (nSPS) is 12.7. The molecule has 0 fully saturated rings. The van der Waals surface area contributed by atoms with Crippen molar-refractivity contribution in [2.24, 2.45) is 5.92 Å². The SMILES string of the molecule is CC(C)C(NC(=O)N(Cc1ccccc1)NC(=O)OC(C)(C)C)C(=O)OC(C)(C)C. The van der Waals surface area contributed by atoms with E-state index in [0.717, 1.165) is 10.6 Å². The number of benzene rings is 1. The molecule has 0 aliphatic heterocycles. The van der Waals surface area contributed by atoms with E-state index in [9.17, 15) is 14.4 Å².